The van der Waals surface area contributed by atoms with E-state index in [0.717, 1.165) is 5.52 Å². The maximum Gasteiger partial charge on any atom is 0.263 e. The van der Waals surface area contributed by atoms with E-state index < -0.39 is 9.05 Å². The zero-order chi connectivity index (χ0) is 14.2. The maximum absolute atomic E-state index is 11.6. The van der Waals surface area contributed by atoms with Crippen LogP contribution in [0.25, 0.3) is 10.9 Å². The van der Waals surface area contributed by atoms with Gasteiger partial charge in [-0.15, -0.1) is 0 Å². The van der Waals surface area contributed by atoms with E-state index in [1.807, 2.05) is 12.1 Å². The Kier molecular flexibility index (Phi) is 3.19. The molecule has 0 saturated carbocycles. The standard InChI is InChI=1S/C13H10ClN3O2S/c14-20(18,19)12-8-17(9-13-15-6-3-7-16-13)11-5-2-1-4-10(11)12/h1-8H,9H2. The lowest BCUT2D eigenvalue weighted by Gasteiger charge is -2.03. The van der Waals surface area contributed by atoms with Crippen LogP contribution in [0.3, 0.4) is 0 Å². The van der Waals surface area contributed by atoms with Crippen molar-refractivity contribution >= 4 is 30.6 Å². The lowest BCUT2D eigenvalue weighted by molar-refractivity contribution is 0.609. The molecule has 0 spiro atoms. The van der Waals surface area contributed by atoms with Gasteiger partial charge in [0.25, 0.3) is 9.05 Å². The third-order valence-corrected chi connectivity index (χ3v) is 4.30. The molecular weight excluding hydrogens is 298 g/mol. The van der Waals surface area contributed by atoms with Gasteiger partial charge in [0.1, 0.15) is 10.7 Å². The molecule has 7 heteroatoms. The third kappa shape index (κ3) is 2.39. The average molecular weight is 308 g/mol. The highest BCUT2D eigenvalue weighted by molar-refractivity contribution is 8.14. The Bertz CT molecular complexity index is 860. The van der Waals surface area contributed by atoms with Gasteiger partial charge in [0.2, 0.25) is 0 Å². The number of aromatic nitrogens is 3. The van der Waals surface area contributed by atoms with Crippen LogP contribution < -0.4 is 0 Å². The van der Waals surface area contributed by atoms with E-state index >= 15 is 0 Å². The normalized spacial score (nSPS) is 11.8. The number of hydrogen-bond acceptors (Lipinski definition) is 4. The number of hydrogen-bond donors (Lipinski definition) is 0. The minimum absolute atomic E-state index is 0.102. The SMILES string of the molecule is O=S(=O)(Cl)c1cn(Cc2ncccn2)c2ccccc12. The highest BCUT2D eigenvalue weighted by atomic mass is 35.7. The number of benzene rings is 1. The van der Waals surface area contributed by atoms with Gasteiger partial charge in [-0.05, 0) is 12.1 Å². The van der Waals surface area contributed by atoms with E-state index in [0.29, 0.717) is 17.8 Å². The van der Waals surface area contributed by atoms with Crippen molar-refractivity contribution in [3.05, 3.63) is 54.7 Å². The van der Waals surface area contributed by atoms with E-state index in [1.165, 1.54) is 6.20 Å². The molecule has 0 atom stereocenters. The minimum atomic E-state index is -3.79. The Morgan fingerprint density at radius 3 is 2.50 bits per heavy atom. The number of halogens is 1. The Hall–Kier alpha value is -1.92. The minimum Gasteiger partial charge on any atom is -0.338 e. The summed E-state index contributed by atoms with van der Waals surface area (Å²) in [7, 11) is 1.69. The summed E-state index contributed by atoms with van der Waals surface area (Å²) in [6.07, 6.45) is 4.81. The first-order chi connectivity index (χ1) is 9.55. The lowest BCUT2D eigenvalue weighted by atomic mass is 10.2. The van der Waals surface area contributed by atoms with Crippen molar-refractivity contribution in [2.45, 2.75) is 11.4 Å². The molecule has 102 valence electrons. The molecule has 0 fully saturated rings. The highest BCUT2D eigenvalue weighted by Gasteiger charge is 2.18. The molecule has 0 aliphatic carbocycles. The molecule has 2 aromatic heterocycles. The van der Waals surface area contributed by atoms with Crippen molar-refractivity contribution in [1.29, 1.82) is 0 Å². The Morgan fingerprint density at radius 2 is 1.80 bits per heavy atom. The summed E-state index contributed by atoms with van der Waals surface area (Å²) in [5, 5.41) is 0.596. The van der Waals surface area contributed by atoms with Gasteiger partial charge in [0.05, 0.1) is 6.54 Å². The molecule has 0 saturated heterocycles. The monoisotopic (exact) mass is 307 g/mol. The van der Waals surface area contributed by atoms with E-state index in [9.17, 15) is 8.42 Å². The van der Waals surface area contributed by atoms with Crippen molar-refractivity contribution in [2.75, 3.05) is 0 Å². The summed E-state index contributed by atoms with van der Waals surface area (Å²) in [6.45, 7) is 0.383. The molecule has 3 rings (SSSR count). The van der Waals surface area contributed by atoms with Crippen LogP contribution in [-0.4, -0.2) is 23.0 Å². The second-order valence-electron chi connectivity index (χ2n) is 4.24. The van der Waals surface area contributed by atoms with Crippen LogP contribution in [0.4, 0.5) is 0 Å². The molecule has 2 heterocycles. The van der Waals surface area contributed by atoms with Crippen LogP contribution in [0.15, 0.2) is 53.8 Å². The molecule has 0 bridgehead atoms. The van der Waals surface area contributed by atoms with Gasteiger partial charge >= 0.3 is 0 Å². The fourth-order valence-corrected chi connectivity index (χ4v) is 3.16. The maximum atomic E-state index is 11.6. The van der Waals surface area contributed by atoms with Crippen molar-refractivity contribution in [2.24, 2.45) is 0 Å². The van der Waals surface area contributed by atoms with Crippen LogP contribution in [0.5, 0.6) is 0 Å². The zero-order valence-electron chi connectivity index (χ0n) is 10.3. The Morgan fingerprint density at radius 1 is 1.10 bits per heavy atom. The van der Waals surface area contributed by atoms with Gasteiger partial charge in [-0.1, -0.05) is 18.2 Å². The Balaban J connectivity index is 2.17. The Labute approximate surface area is 120 Å². The van der Waals surface area contributed by atoms with Crippen LogP contribution in [0, 0.1) is 0 Å². The predicted molar refractivity (Wildman–Crippen MR) is 76.1 cm³/mol. The van der Waals surface area contributed by atoms with Crippen LogP contribution in [0.2, 0.25) is 0 Å². The third-order valence-electron chi connectivity index (χ3n) is 2.95. The van der Waals surface area contributed by atoms with Gasteiger partial charge in [-0.3, -0.25) is 0 Å². The molecule has 1 aromatic carbocycles. The van der Waals surface area contributed by atoms with E-state index in [4.69, 9.17) is 10.7 Å². The quantitative estimate of drug-likeness (QED) is 0.697. The van der Waals surface area contributed by atoms with Crippen LogP contribution >= 0.6 is 10.7 Å². The summed E-state index contributed by atoms with van der Waals surface area (Å²) in [4.78, 5) is 8.38. The van der Waals surface area contributed by atoms with Gasteiger partial charge in [-0.2, -0.15) is 0 Å². The van der Waals surface area contributed by atoms with Crippen molar-refractivity contribution in [3.8, 4) is 0 Å². The summed E-state index contributed by atoms with van der Waals surface area (Å²) >= 11 is 0. The second kappa shape index (κ2) is 4.88. The number of para-hydroxylation sites is 1. The molecule has 0 aliphatic rings. The van der Waals surface area contributed by atoms with Crippen molar-refractivity contribution < 1.29 is 8.42 Å². The molecule has 3 aromatic rings. The van der Waals surface area contributed by atoms with E-state index in [1.54, 1.807) is 35.2 Å². The van der Waals surface area contributed by atoms with Crippen LogP contribution in [-0.2, 0) is 15.6 Å². The van der Waals surface area contributed by atoms with E-state index in [2.05, 4.69) is 9.97 Å². The zero-order valence-corrected chi connectivity index (χ0v) is 11.8. The first-order valence-corrected chi connectivity index (χ1v) is 8.15. The number of rotatable bonds is 3. The summed E-state index contributed by atoms with van der Waals surface area (Å²) < 4.78 is 25.0. The molecule has 0 aliphatic heterocycles. The van der Waals surface area contributed by atoms with Crippen LogP contribution in [0.1, 0.15) is 5.82 Å². The first kappa shape index (κ1) is 13.1. The van der Waals surface area contributed by atoms with Gasteiger partial charge in [0.15, 0.2) is 0 Å². The molecule has 20 heavy (non-hydrogen) atoms. The second-order valence-corrected chi connectivity index (χ2v) is 6.78. The number of nitrogens with zero attached hydrogens (tertiary/aromatic N) is 3. The average Bonchev–Trinajstić information content (AvgIpc) is 2.79. The number of fused-ring (bicyclic) bond motifs is 1. The largest absolute Gasteiger partial charge is 0.338 e. The molecule has 0 radical (unpaired) electrons. The molecule has 0 amide bonds. The molecule has 0 unspecified atom stereocenters. The lowest BCUT2D eigenvalue weighted by Crippen LogP contribution is -2.02. The van der Waals surface area contributed by atoms with Gasteiger partial charge < -0.3 is 4.57 Å². The van der Waals surface area contributed by atoms with Crippen molar-refractivity contribution in [1.82, 2.24) is 14.5 Å². The smallest absolute Gasteiger partial charge is 0.263 e. The summed E-state index contributed by atoms with van der Waals surface area (Å²) in [5.41, 5.74) is 0.777. The fraction of sp³-hybridized carbons (Fsp3) is 0.0769. The van der Waals surface area contributed by atoms with Crippen molar-refractivity contribution in [3.63, 3.8) is 0 Å². The highest BCUT2D eigenvalue weighted by Crippen LogP contribution is 2.28. The molecule has 5 nitrogen and oxygen atoms in total. The first-order valence-electron chi connectivity index (χ1n) is 5.84. The van der Waals surface area contributed by atoms with Gasteiger partial charge in [0, 0.05) is 40.2 Å². The summed E-state index contributed by atoms with van der Waals surface area (Å²) in [5.74, 6) is 0.603. The fourth-order valence-electron chi connectivity index (χ4n) is 2.10. The molecular formula is C13H10ClN3O2S. The summed E-state index contributed by atoms with van der Waals surface area (Å²) in [6, 6.07) is 8.91. The molecule has 0 N–H and O–H groups in total. The topological polar surface area (TPSA) is 64.8 Å². The van der Waals surface area contributed by atoms with Gasteiger partial charge in [-0.25, -0.2) is 18.4 Å². The predicted octanol–water partition coefficient (Wildman–Crippen LogP) is 2.41. The van der Waals surface area contributed by atoms with E-state index in [-0.39, 0.29) is 4.90 Å².